The summed E-state index contributed by atoms with van der Waals surface area (Å²) in [5.41, 5.74) is 2.38. The van der Waals surface area contributed by atoms with Gasteiger partial charge >= 0.3 is 0 Å². The molecule has 1 aliphatic heterocycles. The Bertz CT molecular complexity index is 501. The zero-order valence-corrected chi connectivity index (χ0v) is 12.9. The Morgan fingerprint density at radius 2 is 1.74 bits per heavy atom. The number of aromatic nitrogens is 1. The number of rotatable bonds is 1. The molecule has 106 valence electrons. The van der Waals surface area contributed by atoms with Crippen molar-refractivity contribution in [2.45, 2.75) is 0 Å². The quantitative estimate of drug-likeness (QED) is 0.875. The third kappa shape index (κ3) is 4.11. The van der Waals surface area contributed by atoms with E-state index in [4.69, 9.17) is 0 Å². The lowest BCUT2D eigenvalue weighted by molar-refractivity contribution is 0.589. The summed E-state index contributed by atoms with van der Waals surface area (Å²) in [5.74, 6) is 0. The molecule has 0 bridgehead atoms. The lowest BCUT2D eigenvalue weighted by Gasteiger charge is -2.29. The van der Waals surface area contributed by atoms with Crippen LogP contribution in [0.5, 0.6) is 0 Å². The number of nitrogens with one attached hydrogen (secondary N) is 1. The summed E-state index contributed by atoms with van der Waals surface area (Å²) in [7, 11) is 0. The Hall–Kier alpha value is -0.740. The van der Waals surface area contributed by atoms with E-state index in [-0.39, 0.29) is 37.2 Å². The standard InChI is InChI=1S/C13H15N3.3ClH/c1-2-11-10-12(3-4-13(11)15-5-1)16-8-6-14-7-9-16;;;/h1-5,10,14H,6-9H2;3*1H. The van der Waals surface area contributed by atoms with E-state index >= 15 is 0 Å². The van der Waals surface area contributed by atoms with Crippen molar-refractivity contribution in [3.63, 3.8) is 0 Å². The third-order valence-electron chi connectivity index (χ3n) is 3.07. The molecule has 1 aliphatic rings. The van der Waals surface area contributed by atoms with E-state index in [1.807, 2.05) is 12.3 Å². The molecule has 0 spiro atoms. The minimum atomic E-state index is 0. The fourth-order valence-corrected chi connectivity index (χ4v) is 2.18. The first-order chi connectivity index (χ1) is 7.93. The van der Waals surface area contributed by atoms with Gasteiger partial charge < -0.3 is 10.2 Å². The zero-order valence-electron chi connectivity index (χ0n) is 10.4. The van der Waals surface area contributed by atoms with Crippen LogP contribution in [-0.4, -0.2) is 31.2 Å². The number of pyridine rings is 1. The van der Waals surface area contributed by atoms with Crippen molar-refractivity contribution >= 4 is 53.8 Å². The average molecular weight is 323 g/mol. The normalized spacial score (nSPS) is 14.0. The van der Waals surface area contributed by atoms with Crippen LogP contribution in [0.1, 0.15) is 0 Å². The Labute approximate surface area is 132 Å². The number of anilines is 1. The van der Waals surface area contributed by atoms with Crippen molar-refractivity contribution in [2.24, 2.45) is 0 Å². The van der Waals surface area contributed by atoms with E-state index in [2.05, 4.69) is 39.5 Å². The van der Waals surface area contributed by atoms with Gasteiger partial charge in [0.2, 0.25) is 0 Å². The number of benzene rings is 1. The maximum atomic E-state index is 4.34. The van der Waals surface area contributed by atoms with E-state index in [1.54, 1.807) is 0 Å². The van der Waals surface area contributed by atoms with Gasteiger partial charge in [0.15, 0.2) is 0 Å². The highest BCUT2D eigenvalue weighted by atomic mass is 35.5. The Balaban J connectivity index is 0.00000108. The van der Waals surface area contributed by atoms with Crippen LogP contribution in [0.15, 0.2) is 36.5 Å². The largest absolute Gasteiger partial charge is 0.369 e. The highest BCUT2D eigenvalue weighted by Gasteiger charge is 2.10. The molecule has 1 aromatic carbocycles. The Kier molecular flexibility index (Phi) is 8.11. The van der Waals surface area contributed by atoms with Crippen molar-refractivity contribution in [3.05, 3.63) is 36.5 Å². The van der Waals surface area contributed by atoms with Crippen LogP contribution in [0, 0.1) is 0 Å². The third-order valence-corrected chi connectivity index (χ3v) is 3.07. The molecule has 3 rings (SSSR count). The van der Waals surface area contributed by atoms with Crippen molar-refractivity contribution < 1.29 is 0 Å². The van der Waals surface area contributed by atoms with Gasteiger partial charge in [-0.15, -0.1) is 37.2 Å². The second kappa shape index (κ2) is 8.43. The van der Waals surface area contributed by atoms with E-state index in [1.165, 1.54) is 11.1 Å². The van der Waals surface area contributed by atoms with Crippen LogP contribution in [0.3, 0.4) is 0 Å². The molecule has 0 amide bonds. The molecule has 1 aromatic heterocycles. The maximum Gasteiger partial charge on any atom is 0.0703 e. The number of nitrogens with zero attached hydrogens (tertiary/aromatic N) is 2. The molecule has 0 radical (unpaired) electrons. The highest BCUT2D eigenvalue weighted by Crippen LogP contribution is 2.20. The van der Waals surface area contributed by atoms with Gasteiger partial charge in [-0.25, -0.2) is 0 Å². The molecule has 0 unspecified atom stereocenters. The summed E-state index contributed by atoms with van der Waals surface area (Å²) in [6.07, 6.45) is 1.84. The van der Waals surface area contributed by atoms with Gasteiger partial charge in [0.1, 0.15) is 0 Å². The van der Waals surface area contributed by atoms with Gasteiger partial charge in [-0.3, -0.25) is 4.98 Å². The summed E-state index contributed by atoms with van der Waals surface area (Å²) < 4.78 is 0. The molecule has 3 nitrogen and oxygen atoms in total. The van der Waals surface area contributed by atoms with E-state index in [9.17, 15) is 0 Å². The molecule has 1 saturated heterocycles. The molecular formula is C13H18Cl3N3. The van der Waals surface area contributed by atoms with Crippen LogP contribution >= 0.6 is 37.2 Å². The van der Waals surface area contributed by atoms with Gasteiger partial charge in [0, 0.05) is 43.4 Å². The Morgan fingerprint density at radius 3 is 2.47 bits per heavy atom. The van der Waals surface area contributed by atoms with Crippen molar-refractivity contribution in [1.82, 2.24) is 10.3 Å². The predicted molar refractivity (Wildman–Crippen MR) is 88.6 cm³/mol. The smallest absolute Gasteiger partial charge is 0.0703 e. The minimum Gasteiger partial charge on any atom is -0.369 e. The average Bonchev–Trinajstić information content (AvgIpc) is 2.39. The molecule has 6 heteroatoms. The number of halogens is 3. The predicted octanol–water partition coefficient (Wildman–Crippen LogP) is 2.91. The minimum absolute atomic E-state index is 0. The van der Waals surface area contributed by atoms with Crippen LogP contribution < -0.4 is 10.2 Å². The molecule has 0 aliphatic carbocycles. The summed E-state index contributed by atoms with van der Waals surface area (Å²) >= 11 is 0. The SMILES string of the molecule is Cl.Cl.Cl.c1cnc2ccc(N3CCNCC3)cc2c1. The number of hydrogen-bond acceptors (Lipinski definition) is 3. The van der Waals surface area contributed by atoms with Gasteiger partial charge in [-0.2, -0.15) is 0 Å². The number of hydrogen-bond donors (Lipinski definition) is 1. The lowest BCUT2D eigenvalue weighted by atomic mass is 10.2. The molecule has 19 heavy (non-hydrogen) atoms. The Morgan fingerprint density at radius 1 is 1.00 bits per heavy atom. The number of fused-ring (bicyclic) bond motifs is 1. The molecule has 0 saturated carbocycles. The van der Waals surface area contributed by atoms with Gasteiger partial charge in [-0.05, 0) is 24.3 Å². The summed E-state index contributed by atoms with van der Waals surface area (Å²) in [5, 5.41) is 4.59. The van der Waals surface area contributed by atoms with E-state index in [0.717, 1.165) is 31.7 Å². The summed E-state index contributed by atoms with van der Waals surface area (Å²) in [6.45, 7) is 4.33. The fraction of sp³-hybridized carbons (Fsp3) is 0.308. The summed E-state index contributed by atoms with van der Waals surface area (Å²) in [6, 6.07) is 10.6. The second-order valence-corrected chi connectivity index (χ2v) is 4.12. The molecule has 0 atom stereocenters. The maximum absolute atomic E-state index is 4.34. The topological polar surface area (TPSA) is 28.2 Å². The fourth-order valence-electron chi connectivity index (χ4n) is 2.18. The van der Waals surface area contributed by atoms with Crippen molar-refractivity contribution in [1.29, 1.82) is 0 Å². The van der Waals surface area contributed by atoms with Crippen LogP contribution in [-0.2, 0) is 0 Å². The molecular weight excluding hydrogens is 305 g/mol. The van der Waals surface area contributed by atoms with Crippen LogP contribution in [0.4, 0.5) is 5.69 Å². The molecule has 1 fully saturated rings. The highest BCUT2D eigenvalue weighted by molar-refractivity contribution is 5.86. The molecule has 2 heterocycles. The van der Waals surface area contributed by atoms with E-state index in [0.29, 0.717) is 0 Å². The van der Waals surface area contributed by atoms with Crippen LogP contribution in [0.25, 0.3) is 10.9 Å². The van der Waals surface area contributed by atoms with Crippen LogP contribution in [0.2, 0.25) is 0 Å². The molecule has 2 aromatic rings. The first-order valence-electron chi connectivity index (χ1n) is 5.74. The van der Waals surface area contributed by atoms with Gasteiger partial charge in [-0.1, -0.05) is 6.07 Å². The first kappa shape index (κ1) is 18.3. The van der Waals surface area contributed by atoms with E-state index < -0.39 is 0 Å². The second-order valence-electron chi connectivity index (χ2n) is 4.12. The van der Waals surface area contributed by atoms with Crippen molar-refractivity contribution in [3.8, 4) is 0 Å². The van der Waals surface area contributed by atoms with Gasteiger partial charge in [0.05, 0.1) is 5.52 Å². The van der Waals surface area contributed by atoms with Crippen molar-refractivity contribution in [2.75, 3.05) is 31.1 Å². The van der Waals surface area contributed by atoms with Gasteiger partial charge in [0.25, 0.3) is 0 Å². The lowest BCUT2D eigenvalue weighted by Crippen LogP contribution is -2.43. The monoisotopic (exact) mass is 321 g/mol. The molecule has 1 N–H and O–H groups in total. The number of piperazine rings is 1. The first-order valence-corrected chi connectivity index (χ1v) is 5.74. The zero-order chi connectivity index (χ0) is 10.8. The summed E-state index contributed by atoms with van der Waals surface area (Å²) in [4.78, 5) is 6.76.